The topological polar surface area (TPSA) is 51.8 Å². The van der Waals surface area contributed by atoms with Crippen LogP contribution in [-0.2, 0) is 0 Å². The maximum atomic E-state index is 9.41. The molecule has 9 aromatic rings. The normalized spacial score (nSPS) is 16.4. The Morgan fingerprint density at radius 3 is 1.78 bits per heavy atom. The maximum Gasteiger partial charge on any atom is 0.164 e. The van der Waals surface area contributed by atoms with Gasteiger partial charge in [0, 0.05) is 27.5 Å². The number of nitrogens with zero attached hydrogens (tertiary/aromatic N) is 3. The van der Waals surface area contributed by atoms with E-state index >= 15 is 0 Å². The number of furan rings is 1. The van der Waals surface area contributed by atoms with Gasteiger partial charge < -0.3 is 4.42 Å². The number of rotatable bonds is 6. The summed E-state index contributed by atoms with van der Waals surface area (Å²) in [5, 5.41) is 1.72. The highest BCUT2D eigenvalue weighted by Crippen LogP contribution is 2.38. The monoisotopic (exact) mass is 645 g/mol. The van der Waals surface area contributed by atoms with Crippen molar-refractivity contribution < 1.29 is 29.1 Å². The third kappa shape index (κ3) is 5.35. The molecule has 4 nitrogen and oxygen atoms in total. The molecule has 7 aromatic carbocycles. The number of para-hydroxylation sites is 1. The van der Waals surface area contributed by atoms with Crippen molar-refractivity contribution in [2.24, 2.45) is 0 Å². The van der Waals surface area contributed by atoms with Crippen LogP contribution in [0.25, 0.3) is 89.5 Å². The molecule has 0 saturated heterocycles. The zero-order chi connectivity index (χ0) is 48.2. The lowest BCUT2D eigenvalue weighted by Gasteiger charge is -2.13. The minimum absolute atomic E-state index is 0.234. The summed E-state index contributed by atoms with van der Waals surface area (Å²) < 4.78 is 162. The first-order valence-electron chi connectivity index (χ1n) is 23.9. The Balaban J connectivity index is 1.36. The van der Waals surface area contributed by atoms with Crippen LogP contribution in [-0.4, -0.2) is 15.0 Å². The molecule has 0 aliphatic heterocycles. The van der Waals surface area contributed by atoms with Crippen molar-refractivity contribution in [3.05, 3.63) is 175 Å². The molecule has 2 heterocycles. The summed E-state index contributed by atoms with van der Waals surface area (Å²) in [6, 6.07) is 5.45. The molecule has 4 heteroatoms. The lowest BCUT2D eigenvalue weighted by Crippen LogP contribution is -2.01. The predicted molar refractivity (Wildman–Crippen MR) is 200 cm³/mol. The highest BCUT2D eigenvalue weighted by Gasteiger charge is 2.17. The number of fused-ring (bicyclic) bond motifs is 3. The van der Waals surface area contributed by atoms with Crippen LogP contribution in [0.15, 0.2) is 180 Å². The van der Waals surface area contributed by atoms with E-state index in [4.69, 9.17) is 27.7 Å². The van der Waals surface area contributed by atoms with Crippen LogP contribution in [0.5, 0.6) is 0 Å². The minimum Gasteiger partial charge on any atom is -0.456 e. The molecule has 0 bridgehead atoms. The Kier molecular flexibility index (Phi) is 3.85. The molecule has 0 amide bonds. The van der Waals surface area contributed by atoms with Gasteiger partial charge in [0.2, 0.25) is 0 Å². The van der Waals surface area contributed by atoms with Crippen molar-refractivity contribution in [2.75, 3.05) is 0 Å². The zero-order valence-corrected chi connectivity index (χ0v) is 25.1. The number of aromatic nitrogens is 3. The Hall–Kier alpha value is -6.65. The molecule has 0 aliphatic rings. The first-order chi connectivity index (χ1) is 31.8. The fraction of sp³-hybridized carbons (Fsp3) is 0. The smallest absolute Gasteiger partial charge is 0.164 e. The fourth-order valence-electron chi connectivity index (χ4n) is 5.54. The van der Waals surface area contributed by atoms with E-state index in [1.165, 1.54) is 0 Å². The molecular formula is C45H29N3O. The van der Waals surface area contributed by atoms with Crippen molar-refractivity contribution in [1.82, 2.24) is 15.0 Å². The average Bonchev–Trinajstić information content (AvgIpc) is 3.72. The molecule has 0 fully saturated rings. The van der Waals surface area contributed by atoms with Crippen molar-refractivity contribution in [2.45, 2.75) is 0 Å². The molecular weight excluding hydrogens is 599 g/mol. The van der Waals surface area contributed by atoms with Gasteiger partial charge in [-0.15, -0.1) is 0 Å². The van der Waals surface area contributed by atoms with Crippen molar-refractivity contribution in [3.8, 4) is 67.5 Å². The molecule has 0 radical (unpaired) electrons. The van der Waals surface area contributed by atoms with E-state index in [1.54, 1.807) is 24.3 Å². The van der Waals surface area contributed by atoms with E-state index < -0.39 is 154 Å². The molecule has 0 saturated carbocycles. The highest BCUT2D eigenvalue weighted by molar-refractivity contribution is 6.12. The van der Waals surface area contributed by atoms with Crippen LogP contribution in [0.3, 0.4) is 0 Å². The zero-order valence-electron chi connectivity index (χ0n) is 43.1. The maximum absolute atomic E-state index is 9.41. The van der Waals surface area contributed by atoms with Crippen LogP contribution < -0.4 is 0 Å². The first kappa shape index (κ1) is 15.5. The van der Waals surface area contributed by atoms with Crippen LogP contribution in [0.1, 0.15) is 24.7 Å². The van der Waals surface area contributed by atoms with E-state index in [1.807, 2.05) is 42.5 Å². The van der Waals surface area contributed by atoms with Gasteiger partial charge in [0.15, 0.2) is 17.5 Å². The molecule has 0 atom stereocenters. The predicted octanol–water partition coefficient (Wildman–Crippen LogP) is 11.8. The SMILES string of the molecule is [2H]c1c([2H])c([2H])c(-c2c([2H])c([2H])c([2H])c(-c3nc(-c4ccc(-c5cccc6oc7ccccc7c56)cc4)nc(-c4c([2H])c([2H])c([2H])c([2H])c4-c4c([2H])c([2H])c([2H])c([2H])c4[2H])n3)c2[2H])c([2H])c1[2H]. The summed E-state index contributed by atoms with van der Waals surface area (Å²) in [6.07, 6.45) is 0. The number of hydrogen-bond acceptors (Lipinski definition) is 4. The minimum atomic E-state index is -0.844. The summed E-state index contributed by atoms with van der Waals surface area (Å²) in [5.74, 6) is -1.41. The Morgan fingerprint density at radius 2 is 0.980 bits per heavy atom. The molecule has 0 aliphatic carbocycles. The Labute approximate surface area is 309 Å². The van der Waals surface area contributed by atoms with Gasteiger partial charge in [-0.05, 0) is 51.6 Å². The molecule has 9 rings (SSSR count). The second-order valence-electron chi connectivity index (χ2n) is 10.7. The summed E-state index contributed by atoms with van der Waals surface area (Å²) in [4.78, 5) is 13.7. The van der Waals surface area contributed by atoms with Gasteiger partial charge in [-0.3, -0.25) is 0 Å². The van der Waals surface area contributed by atoms with Crippen LogP contribution in [0.2, 0.25) is 0 Å². The second kappa shape index (κ2) is 12.2. The third-order valence-corrected chi connectivity index (χ3v) is 7.75. The van der Waals surface area contributed by atoms with Gasteiger partial charge in [-0.25, -0.2) is 15.0 Å². The van der Waals surface area contributed by atoms with E-state index in [2.05, 4.69) is 15.0 Å². The van der Waals surface area contributed by atoms with Crippen LogP contribution in [0, 0.1) is 0 Å². The summed E-state index contributed by atoms with van der Waals surface area (Å²) in [5.41, 5.74) is -0.465. The first-order valence-corrected chi connectivity index (χ1v) is 14.9. The van der Waals surface area contributed by atoms with Gasteiger partial charge in [-0.1, -0.05) is 157 Å². The van der Waals surface area contributed by atoms with Gasteiger partial charge in [0.1, 0.15) is 11.2 Å². The highest BCUT2D eigenvalue weighted by atomic mass is 16.3. The lowest BCUT2D eigenvalue weighted by molar-refractivity contribution is 0.669. The molecule has 0 N–H and O–H groups in total. The second-order valence-corrected chi connectivity index (χ2v) is 10.7. The quantitative estimate of drug-likeness (QED) is 0.181. The Bertz CT molecular complexity index is 3570. The van der Waals surface area contributed by atoms with E-state index in [9.17, 15) is 1.37 Å². The number of hydrogen-bond donors (Lipinski definition) is 0. The average molecular weight is 646 g/mol. The fourth-order valence-corrected chi connectivity index (χ4v) is 5.54. The third-order valence-electron chi connectivity index (χ3n) is 7.75. The van der Waals surface area contributed by atoms with Gasteiger partial charge in [0.25, 0.3) is 0 Å². The molecule has 0 unspecified atom stereocenters. The standard InChI is InChI=1S/C45H29N3O/c1-3-13-30(14-4-1)34-17-11-18-35(29-34)44-46-43(47-45(48-44)38-20-8-7-19-36(38)31-15-5-2-6-16-31)33-27-25-32(26-28-33)37-22-12-24-41-42(37)39-21-9-10-23-40(39)49-41/h1-29H/i1D,2D,3D,4D,5D,6D,7D,8D,11D,13D,14D,15D,16D,17D,18D,19D,20D,29D. The van der Waals surface area contributed by atoms with Crippen molar-refractivity contribution in [3.63, 3.8) is 0 Å². The lowest BCUT2D eigenvalue weighted by atomic mass is 9.98. The molecule has 230 valence electrons. The summed E-state index contributed by atoms with van der Waals surface area (Å²) in [7, 11) is 0. The number of benzene rings is 7. The largest absolute Gasteiger partial charge is 0.456 e. The molecule has 0 spiro atoms. The summed E-state index contributed by atoms with van der Waals surface area (Å²) >= 11 is 0. The summed E-state index contributed by atoms with van der Waals surface area (Å²) in [6.45, 7) is 0. The molecule has 49 heavy (non-hydrogen) atoms. The Morgan fingerprint density at radius 1 is 0.388 bits per heavy atom. The van der Waals surface area contributed by atoms with Crippen LogP contribution >= 0.6 is 0 Å². The van der Waals surface area contributed by atoms with E-state index in [0.717, 1.165) is 21.9 Å². The molecule has 2 aromatic heterocycles. The van der Waals surface area contributed by atoms with E-state index in [0.29, 0.717) is 11.2 Å². The van der Waals surface area contributed by atoms with Crippen LogP contribution in [0.4, 0.5) is 0 Å². The van der Waals surface area contributed by atoms with Crippen molar-refractivity contribution >= 4 is 21.9 Å². The van der Waals surface area contributed by atoms with Gasteiger partial charge >= 0.3 is 0 Å². The van der Waals surface area contributed by atoms with Gasteiger partial charge in [0.05, 0.1) is 24.7 Å². The van der Waals surface area contributed by atoms with Crippen molar-refractivity contribution in [1.29, 1.82) is 0 Å². The van der Waals surface area contributed by atoms with Gasteiger partial charge in [-0.2, -0.15) is 0 Å². The van der Waals surface area contributed by atoms with E-state index in [-0.39, 0.29) is 11.4 Å².